The van der Waals surface area contributed by atoms with Crippen molar-refractivity contribution in [3.63, 3.8) is 0 Å². The highest BCUT2D eigenvalue weighted by atomic mass is 35.5. The molecule has 0 radical (unpaired) electrons. The summed E-state index contributed by atoms with van der Waals surface area (Å²) in [5.74, 6) is -0.487. The number of nitrogens with zero attached hydrogens (tertiary/aromatic N) is 1. The number of halogens is 1. The number of ether oxygens (including phenoxy) is 1. The van der Waals surface area contributed by atoms with Gasteiger partial charge in [0, 0.05) is 19.3 Å². The minimum Gasteiger partial charge on any atom is -0.462 e. The van der Waals surface area contributed by atoms with Crippen LogP contribution in [0.1, 0.15) is 31.1 Å². The van der Waals surface area contributed by atoms with Crippen molar-refractivity contribution in [2.75, 3.05) is 30.8 Å². The Bertz CT molecular complexity index is 498. The molecule has 0 amide bonds. The second kappa shape index (κ2) is 6.33. The molecule has 0 saturated heterocycles. The van der Waals surface area contributed by atoms with Crippen LogP contribution in [0.4, 0.5) is 11.4 Å². The second-order valence-electron chi connectivity index (χ2n) is 5.29. The Morgan fingerprint density at radius 1 is 1.50 bits per heavy atom. The molecular formula is C14H21ClN2O3. The molecular weight excluding hydrogens is 280 g/mol. The van der Waals surface area contributed by atoms with Crippen LogP contribution in [0, 0.1) is 0 Å². The lowest BCUT2D eigenvalue weighted by molar-refractivity contribution is 0.0525. The highest BCUT2D eigenvalue weighted by Gasteiger charge is 2.23. The van der Waals surface area contributed by atoms with E-state index < -0.39 is 11.6 Å². The van der Waals surface area contributed by atoms with Crippen molar-refractivity contribution < 1.29 is 14.6 Å². The molecule has 5 nitrogen and oxygen atoms in total. The molecule has 112 valence electrons. The first-order chi connectivity index (χ1) is 9.15. The molecule has 6 heteroatoms. The predicted molar refractivity (Wildman–Crippen MR) is 81.4 cm³/mol. The Balaban J connectivity index is 3.26. The molecule has 0 aromatic heterocycles. The number of aliphatic hydroxyl groups is 1. The molecule has 0 atom stereocenters. The van der Waals surface area contributed by atoms with Gasteiger partial charge >= 0.3 is 5.97 Å². The van der Waals surface area contributed by atoms with Gasteiger partial charge in [0.15, 0.2) is 0 Å². The summed E-state index contributed by atoms with van der Waals surface area (Å²) in [6.07, 6.45) is 0. The third-order valence-corrected chi connectivity index (χ3v) is 2.88. The molecule has 0 bridgehead atoms. The summed E-state index contributed by atoms with van der Waals surface area (Å²) >= 11 is 6.19. The minimum absolute atomic E-state index is 0.264. The van der Waals surface area contributed by atoms with Crippen LogP contribution in [0.15, 0.2) is 12.1 Å². The van der Waals surface area contributed by atoms with Gasteiger partial charge in [0.2, 0.25) is 0 Å². The average molecular weight is 301 g/mol. The lowest BCUT2D eigenvalue weighted by atomic mass is 10.1. The summed E-state index contributed by atoms with van der Waals surface area (Å²) in [4.78, 5) is 13.7. The maximum atomic E-state index is 12.0. The van der Waals surface area contributed by atoms with Crippen molar-refractivity contribution in [3.05, 3.63) is 22.7 Å². The van der Waals surface area contributed by atoms with Gasteiger partial charge in [-0.15, -0.1) is 0 Å². The van der Waals surface area contributed by atoms with E-state index in [1.54, 1.807) is 38.8 Å². The molecule has 3 N–H and O–H groups in total. The van der Waals surface area contributed by atoms with E-state index in [0.717, 1.165) is 0 Å². The quantitative estimate of drug-likeness (QED) is 0.644. The van der Waals surface area contributed by atoms with Crippen LogP contribution in [-0.2, 0) is 4.74 Å². The highest BCUT2D eigenvalue weighted by molar-refractivity contribution is 6.34. The van der Waals surface area contributed by atoms with Gasteiger partial charge < -0.3 is 20.5 Å². The summed E-state index contributed by atoms with van der Waals surface area (Å²) in [6.45, 7) is 5.66. The molecule has 0 saturated carbocycles. The third kappa shape index (κ3) is 4.28. The monoisotopic (exact) mass is 300 g/mol. The number of rotatable bonds is 5. The van der Waals surface area contributed by atoms with Gasteiger partial charge in [0.1, 0.15) is 0 Å². The maximum absolute atomic E-state index is 12.0. The molecule has 0 aliphatic heterocycles. The predicted octanol–water partition coefficient (Wildman–Crippen LogP) is 2.31. The van der Waals surface area contributed by atoms with Gasteiger partial charge in [0.25, 0.3) is 0 Å². The SMILES string of the molecule is CCOC(=O)c1cc(N)cc(Cl)c1N(C)CC(C)(C)O. The molecule has 1 aromatic carbocycles. The van der Waals surface area contributed by atoms with Crippen molar-refractivity contribution in [1.82, 2.24) is 0 Å². The van der Waals surface area contributed by atoms with E-state index in [1.807, 2.05) is 0 Å². The Labute approximate surface area is 124 Å². The third-order valence-electron chi connectivity index (χ3n) is 2.59. The van der Waals surface area contributed by atoms with Crippen molar-refractivity contribution in [3.8, 4) is 0 Å². The van der Waals surface area contributed by atoms with Gasteiger partial charge in [-0.05, 0) is 32.9 Å². The van der Waals surface area contributed by atoms with Gasteiger partial charge in [-0.25, -0.2) is 4.79 Å². The van der Waals surface area contributed by atoms with Crippen LogP contribution in [0.2, 0.25) is 5.02 Å². The largest absolute Gasteiger partial charge is 0.462 e. The molecule has 0 aliphatic rings. The Morgan fingerprint density at radius 2 is 2.10 bits per heavy atom. The van der Waals surface area contributed by atoms with Gasteiger partial charge in [0.05, 0.1) is 28.5 Å². The molecule has 0 heterocycles. The lowest BCUT2D eigenvalue weighted by Gasteiger charge is -2.29. The van der Waals surface area contributed by atoms with Crippen LogP contribution in [0.3, 0.4) is 0 Å². The summed E-state index contributed by atoms with van der Waals surface area (Å²) in [7, 11) is 1.75. The highest BCUT2D eigenvalue weighted by Crippen LogP contribution is 2.33. The first-order valence-electron chi connectivity index (χ1n) is 6.35. The molecule has 0 unspecified atom stereocenters. The summed E-state index contributed by atoms with van der Waals surface area (Å²) in [5, 5.41) is 10.2. The van der Waals surface area contributed by atoms with E-state index in [2.05, 4.69) is 0 Å². The van der Waals surface area contributed by atoms with Crippen molar-refractivity contribution in [2.45, 2.75) is 26.4 Å². The van der Waals surface area contributed by atoms with Crippen molar-refractivity contribution in [2.24, 2.45) is 0 Å². The van der Waals surface area contributed by atoms with Crippen LogP contribution >= 0.6 is 11.6 Å². The number of benzene rings is 1. The van der Waals surface area contributed by atoms with E-state index in [1.165, 1.54) is 6.07 Å². The number of anilines is 2. The normalized spacial score (nSPS) is 11.3. The van der Waals surface area contributed by atoms with Crippen molar-refractivity contribution >= 4 is 28.9 Å². The van der Waals surface area contributed by atoms with E-state index in [-0.39, 0.29) is 6.61 Å². The molecule has 1 aromatic rings. The van der Waals surface area contributed by atoms with Gasteiger partial charge in [-0.1, -0.05) is 11.6 Å². The maximum Gasteiger partial charge on any atom is 0.340 e. The number of esters is 1. The molecule has 1 rings (SSSR count). The molecule has 0 fully saturated rings. The summed E-state index contributed by atoms with van der Waals surface area (Å²) < 4.78 is 5.02. The standard InChI is InChI=1S/C14H21ClN2O3/c1-5-20-13(18)10-6-9(16)7-11(15)12(10)17(4)8-14(2,3)19/h6-7,19H,5,8,16H2,1-4H3. The zero-order chi connectivity index (χ0) is 15.5. The Morgan fingerprint density at radius 3 is 2.60 bits per heavy atom. The number of hydrogen-bond donors (Lipinski definition) is 2. The summed E-state index contributed by atoms with van der Waals surface area (Å²) in [5.41, 5.74) is 5.99. The van der Waals surface area contributed by atoms with Crippen LogP contribution in [-0.4, -0.2) is 36.9 Å². The fourth-order valence-corrected chi connectivity index (χ4v) is 2.40. The van der Waals surface area contributed by atoms with E-state index >= 15 is 0 Å². The fourth-order valence-electron chi connectivity index (χ4n) is 2.03. The summed E-state index contributed by atoms with van der Waals surface area (Å²) in [6, 6.07) is 3.10. The Kier molecular flexibility index (Phi) is 5.25. The second-order valence-corrected chi connectivity index (χ2v) is 5.70. The number of hydrogen-bond acceptors (Lipinski definition) is 5. The van der Waals surface area contributed by atoms with E-state index in [9.17, 15) is 9.90 Å². The van der Waals surface area contributed by atoms with Crippen LogP contribution < -0.4 is 10.6 Å². The van der Waals surface area contributed by atoms with Crippen LogP contribution in [0.25, 0.3) is 0 Å². The van der Waals surface area contributed by atoms with Gasteiger partial charge in [-0.3, -0.25) is 0 Å². The number of carbonyl (C=O) groups excluding carboxylic acids is 1. The lowest BCUT2D eigenvalue weighted by Crippen LogP contribution is -2.37. The smallest absolute Gasteiger partial charge is 0.340 e. The number of nitrogen functional groups attached to an aromatic ring is 1. The molecule has 0 aliphatic carbocycles. The molecule has 0 spiro atoms. The topological polar surface area (TPSA) is 75.8 Å². The minimum atomic E-state index is -0.925. The fraction of sp³-hybridized carbons (Fsp3) is 0.500. The number of carbonyl (C=O) groups is 1. The molecule has 20 heavy (non-hydrogen) atoms. The Hall–Kier alpha value is -1.46. The number of likely N-dealkylation sites (N-methyl/N-ethyl adjacent to an activating group) is 1. The van der Waals surface area contributed by atoms with Crippen LogP contribution in [0.5, 0.6) is 0 Å². The first kappa shape index (κ1) is 16.6. The van der Waals surface area contributed by atoms with Crippen molar-refractivity contribution in [1.29, 1.82) is 0 Å². The average Bonchev–Trinajstić information content (AvgIpc) is 2.25. The zero-order valence-electron chi connectivity index (χ0n) is 12.2. The van der Waals surface area contributed by atoms with E-state index in [0.29, 0.717) is 28.5 Å². The van der Waals surface area contributed by atoms with E-state index in [4.69, 9.17) is 22.1 Å². The number of nitrogens with two attached hydrogens (primary N) is 1. The van der Waals surface area contributed by atoms with Gasteiger partial charge in [-0.2, -0.15) is 0 Å². The zero-order valence-corrected chi connectivity index (χ0v) is 13.0. The first-order valence-corrected chi connectivity index (χ1v) is 6.73.